The van der Waals surface area contributed by atoms with Crippen LogP contribution < -0.4 is 10.4 Å². The molecule has 4 heteroatoms. The molecule has 0 aliphatic rings. The zero-order chi connectivity index (χ0) is 20.4. The van der Waals surface area contributed by atoms with Gasteiger partial charge in [0.1, 0.15) is 17.9 Å². The van der Waals surface area contributed by atoms with Gasteiger partial charge >= 0.3 is 5.63 Å². The van der Waals surface area contributed by atoms with Crippen LogP contribution in [-0.4, -0.2) is 0 Å². The standard InChI is InChI=1S/C25H21BrO3/c1-16-12-22(28-15-19-8-10-20(26)11-9-19)24-17(2)21(25(27)29-23(24)13-16)14-18-6-4-3-5-7-18/h3-13H,14-15H2,1-2H3. The maximum atomic E-state index is 12.7. The Kier molecular flexibility index (Phi) is 5.54. The van der Waals surface area contributed by atoms with E-state index in [-0.39, 0.29) is 5.63 Å². The lowest BCUT2D eigenvalue weighted by Crippen LogP contribution is -2.11. The Morgan fingerprint density at radius 3 is 2.38 bits per heavy atom. The van der Waals surface area contributed by atoms with Gasteiger partial charge in [0.25, 0.3) is 0 Å². The second-order valence-corrected chi connectivity index (χ2v) is 8.12. The van der Waals surface area contributed by atoms with E-state index in [1.54, 1.807) is 0 Å². The van der Waals surface area contributed by atoms with Gasteiger partial charge < -0.3 is 9.15 Å². The molecule has 29 heavy (non-hydrogen) atoms. The van der Waals surface area contributed by atoms with E-state index in [0.717, 1.165) is 37.9 Å². The van der Waals surface area contributed by atoms with Gasteiger partial charge in [0, 0.05) is 16.5 Å². The summed E-state index contributed by atoms with van der Waals surface area (Å²) in [6.45, 7) is 4.39. The minimum atomic E-state index is -0.289. The summed E-state index contributed by atoms with van der Waals surface area (Å²) in [4.78, 5) is 12.7. The van der Waals surface area contributed by atoms with Gasteiger partial charge in [0.15, 0.2) is 0 Å². The molecule has 0 N–H and O–H groups in total. The average molecular weight is 449 g/mol. The SMILES string of the molecule is Cc1cc(OCc2ccc(Br)cc2)c2c(C)c(Cc3ccccc3)c(=O)oc2c1. The molecule has 146 valence electrons. The fourth-order valence-corrected chi connectivity index (χ4v) is 3.76. The summed E-state index contributed by atoms with van der Waals surface area (Å²) >= 11 is 3.45. The highest BCUT2D eigenvalue weighted by molar-refractivity contribution is 9.10. The number of fused-ring (bicyclic) bond motifs is 1. The van der Waals surface area contributed by atoms with Crippen LogP contribution in [-0.2, 0) is 13.0 Å². The summed E-state index contributed by atoms with van der Waals surface area (Å²) in [5.41, 5.74) is 4.99. The molecule has 0 aliphatic heterocycles. The molecule has 1 aromatic heterocycles. The predicted octanol–water partition coefficient (Wildman–Crippen LogP) is 6.34. The summed E-state index contributed by atoms with van der Waals surface area (Å²) in [5.74, 6) is 0.735. The van der Waals surface area contributed by atoms with Crippen LogP contribution in [0.5, 0.6) is 5.75 Å². The molecule has 0 saturated carbocycles. The summed E-state index contributed by atoms with van der Waals surface area (Å²) in [5, 5.41) is 0.859. The average Bonchev–Trinajstić information content (AvgIpc) is 2.71. The largest absolute Gasteiger partial charge is 0.488 e. The summed E-state index contributed by atoms with van der Waals surface area (Å²) < 4.78 is 12.9. The number of rotatable bonds is 5. The van der Waals surface area contributed by atoms with Gasteiger partial charge in [-0.15, -0.1) is 0 Å². The monoisotopic (exact) mass is 448 g/mol. The van der Waals surface area contributed by atoms with Crippen molar-refractivity contribution in [3.8, 4) is 5.75 Å². The zero-order valence-electron chi connectivity index (χ0n) is 16.4. The second-order valence-electron chi connectivity index (χ2n) is 7.21. The van der Waals surface area contributed by atoms with Crippen molar-refractivity contribution in [1.82, 2.24) is 0 Å². The van der Waals surface area contributed by atoms with Crippen molar-refractivity contribution in [2.24, 2.45) is 0 Å². The highest BCUT2D eigenvalue weighted by Crippen LogP contribution is 2.32. The molecule has 0 aliphatic carbocycles. The normalized spacial score (nSPS) is 11.0. The Morgan fingerprint density at radius 1 is 0.931 bits per heavy atom. The van der Waals surface area contributed by atoms with Crippen LogP contribution >= 0.6 is 15.9 Å². The molecule has 3 aromatic carbocycles. The quantitative estimate of drug-likeness (QED) is 0.334. The van der Waals surface area contributed by atoms with Crippen molar-refractivity contribution in [2.45, 2.75) is 26.9 Å². The van der Waals surface area contributed by atoms with Crippen molar-refractivity contribution >= 4 is 26.9 Å². The Bertz CT molecular complexity index is 1210. The first-order valence-electron chi connectivity index (χ1n) is 9.49. The van der Waals surface area contributed by atoms with E-state index in [2.05, 4.69) is 15.9 Å². The summed E-state index contributed by atoms with van der Waals surface area (Å²) in [6, 6.07) is 21.9. The van der Waals surface area contributed by atoms with Gasteiger partial charge in [-0.2, -0.15) is 0 Å². The van der Waals surface area contributed by atoms with Gasteiger partial charge in [-0.25, -0.2) is 4.79 Å². The molecule has 0 bridgehead atoms. The predicted molar refractivity (Wildman–Crippen MR) is 120 cm³/mol. The molecule has 0 spiro atoms. The molecule has 0 saturated heterocycles. The number of aryl methyl sites for hydroxylation is 2. The van der Waals surface area contributed by atoms with E-state index in [1.165, 1.54) is 0 Å². The van der Waals surface area contributed by atoms with E-state index in [0.29, 0.717) is 24.2 Å². The van der Waals surface area contributed by atoms with Crippen molar-refractivity contribution < 1.29 is 9.15 Å². The second kappa shape index (κ2) is 8.26. The third-order valence-corrected chi connectivity index (χ3v) is 5.55. The summed E-state index contributed by atoms with van der Waals surface area (Å²) in [6.07, 6.45) is 0.533. The first-order valence-corrected chi connectivity index (χ1v) is 10.3. The molecule has 0 fully saturated rings. The molecular weight excluding hydrogens is 428 g/mol. The first kappa shape index (κ1) is 19.5. The van der Waals surface area contributed by atoms with Crippen LogP contribution in [0.2, 0.25) is 0 Å². The number of benzene rings is 3. The highest BCUT2D eigenvalue weighted by atomic mass is 79.9. The van der Waals surface area contributed by atoms with Crippen LogP contribution in [0.15, 0.2) is 80.4 Å². The minimum Gasteiger partial charge on any atom is -0.488 e. The van der Waals surface area contributed by atoms with Gasteiger partial charge in [-0.1, -0.05) is 58.4 Å². The molecule has 0 radical (unpaired) electrons. The van der Waals surface area contributed by atoms with Crippen molar-refractivity contribution in [3.63, 3.8) is 0 Å². The van der Waals surface area contributed by atoms with Gasteiger partial charge in [0.2, 0.25) is 0 Å². The molecule has 3 nitrogen and oxygen atoms in total. The molecule has 4 aromatic rings. The molecule has 0 unspecified atom stereocenters. The third-order valence-electron chi connectivity index (χ3n) is 5.02. The Morgan fingerprint density at radius 2 is 1.66 bits per heavy atom. The fourth-order valence-electron chi connectivity index (χ4n) is 3.50. The topological polar surface area (TPSA) is 39.4 Å². The van der Waals surface area contributed by atoms with Gasteiger partial charge in [-0.05, 0) is 60.4 Å². The van der Waals surface area contributed by atoms with Gasteiger partial charge in [0.05, 0.1) is 5.39 Å². The summed E-state index contributed by atoms with van der Waals surface area (Å²) in [7, 11) is 0. The number of hydrogen-bond donors (Lipinski definition) is 0. The van der Waals surface area contributed by atoms with E-state index in [9.17, 15) is 4.79 Å². The van der Waals surface area contributed by atoms with Crippen molar-refractivity contribution in [1.29, 1.82) is 0 Å². The Hall–Kier alpha value is -2.85. The van der Waals surface area contributed by atoms with E-state index < -0.39 is 0 Å². The van der Waals surface area contributed by atoms with Gasteiger partial charge in [-0.3, -0.25) is 0 Å². The Labute approximate surface area is 178 Å². The minimum absolute atomic E-state index is 0.289. The van der Waals surface area contributed by atoms with Crippen molar-refractivity contribution in [3.05, 3.63) is 109 Å². The highest BCUT2D eigenvalue weighted by Gasteiger charge is 2.16. The zero-order valence-corrected chi connectivity index (χ0v) is 18.0. The number of halogens is 1. The smallest absolute Gasteiger partial charge is 0.340 e. The maximum Gasteiger partial charge on any atom is 0.340 e. The van der Waals surface area contributed by atoms with E-state index >= 15 is 0 Å². The lowest BCUT2D eigenvalue weighted by atomic mass is 9.98. The Balaban J connectivity index is 1.76. The molecule has 0 amide bonds. The lowest BCUT2D eigenvalue weighted by Gasteiger charge is -2.14. The van der Waals surface area contributed by atoms with Crippen LogP contribution in [0.3, 0.4) is 0 Å². The molecular formula is C25H21BrO3. The van der Waals surface area contributed by atoms with E-state index in [1.807, 2.05) is 80.6 Å². The van der Waals surface area contributed by atoms with Crippen LogP contribution in [0, 0.1) is 13.8 Å². The lowest BCUT2D eigenvalue weighted by molar-refractivity contribution is 0.309. The molecule has 4 rings (SSSR count). The first-order chi connectivity index (χ1) is 14.0. The number of hydrogen-bond acceptors (Lipinski definition) is 3. The maximum absolute atomic E-state index is 12.7. The van der Waals surface area contributed by atoms with Crippen LogP contribution in [0.4, 0.5) is 0 Å². The van der Waals surface area contributed by atoms with Crippen LogP contribution in [0.1, 0.15) is 27.8 Å². The molecule has 1 heterocycles. The van der Waals surface area contributed by atoms with E-state index in [4.69, 9.17) is 9.15 Å². The third kappa shape index (κ3) is 4.28. The van der Waals surface area contributed by atoms with Crippen molar-refractivity contribution in [2.75, 3.05) is 0 Å². The van der Waals surface area contributed by atoms with Crippen LogP contribution in [0.25, 0.3) is 11.0 Å². The molecule has 0 atom stereocenters. The fraction of sp³-hybridized carbons (Fsp3) is 0.160. The number of ether oxygens (including phenoxy) is 1.